The van der Waals surface area contributed by atoms with Gasteiger partial charge in [0.25, 0.3) is 0 Å². The Morgan fingerprint density at radius 3 is 2.76 bits per heavy atom. The molecule has 0 saturated carbocycles. The number of hydrogen-bond acceptors (Lipinski definition) is 4. The summed E-state index contributed by atoms with van der Waals surface area (Å²) >= 11 is 1.38. The molecule has 21 heavy (non-hydrogen) atoms. The molecule has 1 aromatic carbocycles. The molecule has 0 spiro atoms. The van der Waals surface area contributed by atoms with Crippen LogP contribution in [0.2, 0.25) is 0 Å². The van der Waals surface area contributed by atoms with Crippen LogP contribution in [0.4, 0.5) is 0 Å². The number of carboxylic acid groups (broad SMARTS) is 1. The zero-order valence-electron chi connectivity index (χ0n) is 11.0. The molecule has 3 N–H and O–H groups in total. The summed E-state index contributed by atoms with van der Waals surface area (Å²) in [5, 5.41) is 9.17. The van der Waals surface area contributed by atoms with Gasteiger partial charge in [-0.1, -0.05) is 30.3 Å². The number of carboxylic acids is 1. The summed E-state index contributed by atoms with van der Waals surface area (Å²) in [7, 11) is 0. The van der Waals surface area contributed by atoms with Gasteiger partial charge in [0.05, 0.1) is 18.3 Å². The van der Waals surface area contributed by atoms with Crippen LogP contribution in [-0.4, -0.2) is 39.6 Å². The van der Waals surface area contributed by atoms with Gasteiger partial charge in [0, 0.05) is 10.5 Å². The Morgan fingerprint density at radius 1 is 1.43 bits per heavy atom. The van der Waals surface area contributed by atoms with E-state index in [9.17, 15) is 14.7 Å². The van der Waals surface area contributed by atoms with Crippen molar-refractivity contribution in [2.45, 2.75) is 11.8 Å². The van der Waals surface area contributed by atoms with Crippen molar-refractivity contribution in [1.29, 1.82) is 0 Å². The van der Waals surface area contributed by atoms with Gasteiger partial charge in [-0.05, 0) is 0 Å². The molecule has 3 rings (SSSR count). The SMILES string of the molecule is NC(=NCC1=C(C(=O)O)N2C(=O)C[C@@H]2S1)c1ccccc1. The highest BCUT2D eigenvalue weighted by Crippen LogP contribution is 2.46. The first-order valence-electron chi connectivity index (χ1n) is 6.38. The molecule has 108 valence electrons. The summed E-state index contributed by atoms with van der Waals surface area (Å²) in [5.74, 6) is -0.893. The Hall–Kier alpha value is -2.28. The van der Waals surface area contributed by atoms with Crippen LogP contribution in [0.5, 0.6) is 0 Å². The standard InChI is InChI=1S/C14H13N3O3S/c15-13(8-4-2-1-3-5-8)16-7-9-12(14(19)20)17-10(18)6-11(17)21-9/h1-5,11H,6-7H2,(H2,15,16)(H,19,20)/t11-/m0/s1. The Labute approximate surface area is 125 Å². The lowest BCUT2D eigenvalue weighted by Crippen LogP contribution is -2.48. The van der Waals surface area contributed by atoms with Crippen molar-refractivity contribution in [3.8, 4) is 0 Å². The molecular weight excluding hydrogens is 290 g/mol. The van der Waals surface area contributed by atoms with Crippen LogP contribution < -0.4 is 5.73 Å². The van der Waals surface area contributed by atoms with Crippen molar-refractivity contribution < 1.29 is 14.7 Å². The fraction of sp³-hybridized carbons (Fsp3) is 0.214. The molecule has 2 heterocycles. The molecule has 1 amide bonds. The molecule has 0 unspecified atom stereocenters. The Bertz CT molecular complexity index is 669. The van der Waals surface area contributed by atoms with Crippen molar-refractivity contribution in [2.75, 3.05) is 6.54 Å². The number of thioether (sulfide) groups is 1. The molecular formula is C14H13N3O3S. The van der Waals surface area contributed by atoms with Crippen LogP contribution in [0.3, 0.4) is 0 Å². The van der Waals surface area contributed by atoms with Crippen LogP contribution in [0, 0.1) is 0 Å². The highest BCUT2D eigenvalue weighted by Gasteiger charge is 2.48. The van der Waals surface area contributed by atoms with Gasteiger partial charge in [0.15, 0.2) is 0 Å². The van der Waals surface area contributed by atoms with E-state index >= 15 is 0 Å². The maximum Gasteiger partial charge on any atom is 0.353 e. The number of fused-ring (bicyclic) bond motifs is 1. The second-order valence-electron chi connectivity index (χ2n) is 4.68. The first-order chi connectivity index (χ1) is 10.1. The fourth-order valence-corrected chi connectivity index (χ4v) is 3.62. The molecule has 0 bridgehead atoms. The number of carbonyl (C=O) groups excluding carboxylic acids is 1. The Kier molecular flexibility index (Phi) is 3.42. The lowest BCUT2D eigenvalue weighted by Gasteiger charge is -2.33. The molecule has 1 saturated heterocycles. The zero-order valence-corrected chi connectivity index (χ0v) is 11.8. The van der Waals surface area contributed by atoms with Crippen molar-refractivity contribution in [3.05, 3.63) is 46.5 Å². The summed E-state index contributed by atoms with van der Waals surface area (Å²) < 4.78 is 0. The van der Waals surface area contributed by atoms with E-state index in [1.165, 1.54) is 16.7 Å². The third-order valence-corrected chi connectivity index (χ3v) is 4.61. The molecule has 1 fully saturated rings. The molecule has 0 aliphatic carbocycles. The minimum absolute atomic E-state index is 0.0471. The summed E-state index contributed by atoms with van der Waals surface area (Å²) in [5.41, 5.74) is 6.73. The van der Waals surface area contributed by atoms with Crippen LogP contribution >= 0.6 is 11.8 Å². The maximum atomic E-state index is 11.5. The Morgan fingerprint density at radius 2 is 2.14 bits per heavy atom. The van der Waals surface area contributed by atoms with Crippen LogP contribution in [0.1, 0.15) is 12.0 Å². The predicted molar refractivity (Wildman–Crippen MR) is 79.5 cm³/mol. The third kappa shape index (κ3) is 2.40. The monoisotopic (exact) mass is 303 g/mol. The molecule has 2 aliphatic rings. The summed E-state index contributed by atoms with van der Waals surface area (Å²) in [6.45, 7) is 0.174. The quantitative estimate of drug-likeness (QED) is 0.491. The van der Waals surface area contributed by atoms with Crippen molar-refractivity contribution in [2.24, 2.45) is 10.7 Å². The second-order valence-corrected chi connectivity index (χ2v) is 5.96. The van der Waals surface area contributed by atoms with Gasteiger partial charge in [-0.15, -0.1) is 11.8 Å². The lowest BCUT2D eigenvalue weighted by molar-refractivity contribution is -0.145. The van der Waals surface area contributed by atoms with Crippen LogP contribution in [0.25, 0.3) is 0 Å². The van der Waals surface area contributed by atoms with E-state index < -0.39 is 5.97 Å². The number of benzene rings is 1. The molecule has 2 aliphatic heterocycles. The summed E-state index contributed by atoms with van der Waals surface area (Å²) in [6.07, 6.45) is 0.378. The number of rotatable bonds is 4. The lowest BCUT2D eigenvalue weighted by atomic mass is 10.1. The maximum absolute atomic E-state index is 11.5. The second kappa shape index (κ2) is 5.25. The smallest absolute Gasteiger partial charge is 0.353 e. The van der Waals surface area contributed by atoms with E-state index in [-0.39, 0.29) is 23.5 Å². The number of amides is 1. The van der Waals surface area contributed by atoms with Gasteiger partial charge in [0.1, 0.15) is 11.5 Å². The fourth-order valence-electron chi connectivity index (χ4n) is 2.30. The first kappa shape index (κ1) is 13.7. The molecule has 1 atom stereocenters. The van der Waals surface area contributed by atoms with Gasteiger partial charge in [-0.25, -0.2) is 4.79 Å². The van der Waals surface area contributed by atoms with Crippen molar-refractivity contribution >= 4 is 29.5 Å². The molecule has 1 aromatic rings. The zero-order chi connectivity index (χ0) is 15.0. The van der Waals surface area contributed by atoms with Crippen LogP contribution in [-0.2, 0) is 9.59 Å². The number of carbonyl (C=O) groups is 2. The van der Waals surface area contributed by atoms with Gasteiger partial charge in [-0.3, -0.25) is 14.7 Å². The Balaban J connectivity index is 1.82. The average molecular weight is 303 g/mol. The highest BCUT2D eigenvalue weighted by atomic mass is 32.2. The summed E-state index contributed by atoms with van der Waals surface area (Å²) in [4.78, 5) is 29.0. The van der Waals surface area contributed by atoms with Crippen molar-refractivity contribution in [3.63, 3.8) is 0 Å². The van der Waals surface area contributed by atoms with E-state index in [1.54, 1.807) is 0 Å². The van der Waals surface area contributed by atoms with E-state index in [4.69, 9.17) is 5.73 Å². The van der Waals surface area contributed by atoms with Gasteiger partial charge in [-0.2, -0.15) is 0 Å². The molecule has 7 heteroatoms. The van der Waals surface area contributed by atoms with E-state index in [1.807, 2.05) is 30.3 Å². The van der Waals surface area contributed by atoms with Gasteiger partial charge >= 0.3 is 5.97 Å². The van der Waals surface area contributed by atoms with Gasteiger partial charge in [0.2, 0.25) is 5.91 Å². The van der Waals surface area contributed by atoms with Crippen molar-refractivity contribution in [1.82, 2.24) is 4.90 Å². The normalized spacial score (nSPS) is 21.3. The number of aliphatic carboxylic acids is 1. The molecule has 0 radical (unpaired) electrons. The molecule has 0 aromatic heterocycles. The topological polar surface area (TPSA) is 96.0 Å². The number of hydrogen-bond donors (Lipinski definition) is 2. The van der Waals surface area contributed by atoms with E-state index in [0.29, 0.717) is 17.2 Å². The number of nitrogens with zero attached hydrogens (tertiary/aromatic N) is 2. The minimum Gasteiger partial charge on any atom is -0.477 e. The minimum atomic E-state index is -1.10. The number of nitrogens with two attached hydrogens (primary N) is 1. The largest absolute Gasteiger partial charge is 0.477 e. The molecule has 6 nitrogen and oxygen atoms in total. The third-order valence-electron chi connectivity index (χ3n) is 3.35. The average Bonchev–Trinajstić information content (AvgIpc) is 2.78. The van der Waals surface area contributed by atoms with Gasteiger partial charge < -0.3 is 10.8 Å². The number of amidine groups is 1. The highest BCUT2D eigenvalue weighted by molar-refractivity contribution is 8.04. The first-order valence-corrected chi connectivity index (χ1v) is 7.26. The van der Waals surface area contributed by atoms with E-state index in [2.05, 4.69) is 4.99 Å². The number of aliphatic imine (C=N–C) groups is 1. The van der Waals surface area contributed by atoms with E-state index in [0.717, 1.165) is 5.56 Å². The van der Waals surface area contributed by atoms with Crippen LogP contribution in [0.15, 0.2) is 45.9 Å². The number of β-lactam (4-membered cyclic amide) rings is 1. The predicted octanol–water partition coefficient (Wildman–Crippen LogP) is 0.993. The summed E-state index contributed by atoms with van der Waals surface area (Å²) in [6, 6.07) is 9.27.